The van der Waals surface area contributed by atoms with E-state index in [1.807, 2.05) is 36.4 Å². The van der Waals surface area contributed by atoms with Gasteiger partial charge in [-0.05, 0) is 11.6 Å². The van der Waals surface area contributed by atoms with E-state index >= 15 is 0 Å². The SMILES string of the molecule is C#CCOC[C@@H](O)CN(Cc1ccccc1)Cc1cccc(OC)c1OC. The molecule has 0 amide bonds. The number of nitrogens with zero attached hydrogens (tertiary/aromatic N) is 1. The molecule has 2 aromatic carbocycles. The lowest BCUT2D eigenvalue weighted by atomic mass is 10.1. The van der Waals surface area contributed by atoms with Crippen LogP contribution in [-0.4, -0.2) is 50.1 Å². The van der Waals surface area contributed by atoms with Crippen LogP contribution in [0.5, 0.6) is 11.5 Å². The minimum absolute atomic E-state index is 0.194. The Kier molecular flexibility index (Phi) is 8.66. The maximum atomic E-state index is 10.3. The number of para-hydroxylation sites is 1. The Hall–Kier alpha value is -2.52. The third-order valence-corrected chi connectivity index (χ3v) is 4.09. The van der Waals surface area contributed by atoms with Crippen LogP contribution in [0.2, 0.25) is 0 Å². The fourth-order valence-electron chi connectivity index (χ4n) is 2.95. The first kappa shape index (κ1) is 20.8. The van der Waals surface area contributed by atoms with Crippen LogP contribution in [0.1, 0.15) is 11.1 Å². The Labute approximate surface area is 161 Å². The molecular weight excluding hydrogens is 342 g/mol. The second-order valence-corrected chi connectivity index (χ2v) is 6.18. The molecule has 0 aromatic heterocycles. The van der Waals surface area contributed by atoms with Gasteiger partial charge in [0.15, 0.2) is 11.5 Å². The minimum atomic E-state index is -0.640. The molecule has 0 fully saturated rings. The van der Waals surface area contributed by atoms with Crippen LogP contribution in [0.3, 0.4) is 0 Å². The Balaban J connectivity index is 2.15. The molecule has 0 heterocycles. The van der Waals surface area contributed by atoms with Crippen molar-refractivity contribution in [3.8, 4) is 23.8 Å². The summed E-state index contributed by atoms with van der Waals surface area (Å²) in [6.45, 7) is 2.12. The highest BCUT2D eigenvalue weighted by molar-refractivity contribution is 5.46. The molecule has 5 nitrogen and oxygen atoms in total. The zero-order chi connectivity index (χ0) is 19.5. The van der Waals surface area contributed by atoms with E-state index in [0.29, 0.717) is 31.1 Å². The number of hydrogen-bond acceptors (Lipinski definition) is 5. The van der Waals surface area contributed by atoms with Gasteiger partial charge in [0.25, 0.3) is 0 Å². The maximum absolute atomic E-state index is 10.3. The van der Waals surface area contributed by atoms with Gasteiger partial charge in [0, 0.05) is 25.2 Å². The van der Waals surface area contributed by atoms with Gasteiger partial charge >= 0.3 is 0 Å². The largest absolute Gasteiger partial charge is 0.493 e. The summed E-state index contributed by atoms with van der Waals surface area (Å²) >= 11 is 0. The van der Waals surface area contributed by atoms with Gasteiger partial charge in [-0.25, -0.2) is 0 Å². The molecular formula is C22H27NO4. The highest BCUT2D eigenvalue weighted by Crippen LogP contribution is 2.31. The Bertz CT molecular complexity index is 727. The molecule has 5 heteroatoms. The van der Waals surface area contributed by atoms with Crippen molar-refractivity contribution in [2.24, 2.45) is 0 Å². The summed E-state index contributed by atoms with van der Waals surface area (Å²) < 4.78 is 16.2. The zero-order valence-corrected chi connectivity index (χ0v) is 15.9. The summed E-state index contributed by atoms with van der Waals surface area (Å²) in [7, 11) is 3.25. The molecule has 2 rings (SSSR count). The lowest BCUT2D eigenvalue weighted by Crippen LogP contribution is -2.34. The van der Waals surface area contributed by atoms with E-state index in [2.05, 4.69) is 23.0 Å². The molecule has 144 valence electrons. The van der Waals surface area contributed by atoms with Gasteiger partial charge in [0.2, 0.25) is 0 Å². The van der Waals surface area contributed by atoms with Crippen molar-refractivity contribution >= 4 is 0 Å². The van der Waals surface area contributed by atoms with Gasteiger partial charge in [-0.3, -0.25) is 4.90 Å². The highest BCUT2D eigenvalue weighted by Gasteiger charge is 2.17. The third-order valence-electron chi connectivity index (χ3n) is 4.09. The number of methoxy groups -OCH3 is 2. The number of aliphatic hydroxyl groups excluding tert-OH is 1. The summed E-state index contributed by atoms with van der Waals surface area (Å²) in [5, 5.41) is 10.3. The van der Waals surface area contributed by atoms with Crippen molar-refractivity contribution in [2.75, 3.05) is 34.0 Å². The summed E-state index contributed by atoms with van der Waals surface area (Å²) in [4.78, 5) is 2.15. The average molecular weight is 369 g/mol. The van der Waals surface area contributed by atoms with E-state index in [9.17, 15) is 5.11 Å². The van der Waals surface area contributed by atoms with Crippen LogP contribution in [0.25, 0.3) is 0 Å². The Morgan fingerprint density at radius 2 is 1.81 bits per heavy atom. The zero-order valence-electron chi connectivity index (χ0n) is 15.9. The average Bonchev–Trinajstić information content (AvgIpc) is 2.68. The molecule has 0 aliphatic rings. The van der Waals surface area contributed by atoms with E-state index < -0.39 is 6.10 Å². The topological polar surface area (TPSA) is 51.2 Å². The van der Waals surface area contributed by atoms with E-state index in [4.69, 9.17) is 20.6 Å². The van der Waals surface area contributed by atoms with Crippen LogP contribution in [0.4, 0.5) is 0 Å². The van der Waals surface area contributed by atoms with Crippen molar-refractivity contribution in [3.63, 3.8) is 0 Å². The van der Waals surface area contributed by atoms with E-state index in [1.165, 1.54) is 0 Å². The van der Waals surface area contributed by atoms with Crippen LogP contribution in [0.15, 0.2) is 48.5 Å². The summed E-state index contributed by atoms with van der Waals surface area (Å²) in [6, 6.07) is 15.9. The van der Waals surface area contributed by atoms with Crippen molar-refractivity contribution in [3.05, 3.63) is 59.7 Å². The first-order valence-corrected chi connectivity index (χ1v) is 8.83. The molecule has 0 radical (unpaired) electrons. The van der Waals surface area contributed by atoms with Gasteiger partial charge < -0.3 is 19.3 Å². The third kappa shape index (κ3) is 6.61. The molecule has 0 aliphatic carbocycles. The molecule has 0 unspecified atom stereocenters. The number of hydrogen-bond donors (Lipinski definition) is 1. The summed E-state index contributed by atoms with van der Waals surface area (Å²) in [6.07, 6.45) is 4.55. The summed E-state index contributed by atoms with van der Waals surface area (Å²) in [5.41, 5.74) is 2.15. The first-order valence-electron chi connectivity index (χ1n) is 8.83. The number of benzene rings is 2. The van der Waals surface area contributed by atoms with Crippen molar-refractivity contribution in [1.82, 2.24) is 4.90 Å². The standard InChI is InChI=1S/C22H27NO4/c1-4-13-27-17-20(24)16-23(14-18-9-6-5-7-10-18)15-19-11-8-12-21(25-2)22(19)26-3/h1,5-12,20,24H,13-17H2,2-3H3/t20-/m0/s1. The number of rotatable bonds is 11. The van der Waals surface area contributed by atoms with E-state index in [0.717, 1.165) is 11.1 Å². The second kappa shape index (κ2) is 11.2. The van der Waals surface area contributed by atoms with Crippen molar-refractivity contribution < 1.29 is 19.3 Å². The van der Waals surface area contributed by atoms with Crippen LogP contribution in [0, 0.1) is 12.3 Å². The summed E-state index contributed by atoms with van der Waals surface area (Å²) in [5.74, 6) is 3.80. The van der Waals surface area contributed by atoms with Crippen molar-refractivity contribution in [1.29, 1.82) is 0 Å². The monoisotopic (exact) mass is 369 g/mol. The minimum Gasteiger partial charge on any atom is -0.493 e. The molecule has 0 bridgehead atoms. The van der Waals surface area contributed by atoms with Crippen LogP contribution < -0.4 is 9.47 Å². The second-order valence-electron chi connectivity index (χ2n) is 6.18. The fourth-order valence-corrected chi connectivity index (χ4v) is 2.95. The van der Waals surface area contributed by atoms with E-state index in [1.54, 1.807) is 14.2 Å². The number of aliphatic hydroxyl groups is 1. The van der Waals surface area contributed by atoms with Gasteiger partial charge in [-0.15, -0.1) is 6.42 Å². The predicted molar refractivity (Wildman–Crippen MR) is 106 cm³/mol. The molecule has 0 aliphatic heterocycles. The number of terminal acetylenes is 1. The fraction of sp³-hybridized carbons (Fsp3) is 0.364. The molecule has 0 spiro atoms. The Morgan fingerprint density at radius 3 is 2.48 bits per heavy atom. The molecule has 1 atom stereocenters. The van der Waals surface area contributed by atoms with Gasteiger partial charge in [-0.2, -0.15) is 0 Å². The number of ether oxygens (including phenoxy) is 3. The smallest absolute Gasteiger partial charge is 0.165 e. The maximum Gasteiger partial charge on any atom is 0.165 e. The van der Waals surface area contributed by atoms with Gasteiger partial charge in [0.1, 0.15) is 6.61 Å². The molecule has 1 N–H and O–H groups in total. The van der Waals surface area contributed by atoms with Crippen LogP contribution in [-0.2, 0) is 17.8 Å². The predicted octanol–water partition coefficient (Wildman–Crippen LogP) is 2.72. The van der Waals surface area contributed by atoms with Gasteiger partial charge in [-0.1, -0.05) is 48.4 Å². The first-order chi connectivity index (χ1) is 13.2. The molecule has 27 heavy (non-hydrogen) atoms. The van der Waals surface area contributed by atoms with Crippen molar-refractivity contribution in [2.45, 2.75) is 19.2 Å². The lowest BCUT2D eigenvalue weighted by molar-refractivity contribution is 0.0242. The molecule has 2 aromatic rings. The molecule has 0 saturated heterocycles. The molecule has 0 saturated carbocycles. The Morgan fingerprint density at radius 1 is 1.04 bits per heavy atom. The van der Waals surface area contributed by atoms with Gasteiger partial charge in [0.05, 0.1) is 26.9 Å². The lowest BCUT2D eigenvalue weighted by Gasteiger charge is -2.26. The highest BCUT2D eigenvalue weighted by atomic mass is 16.5. The quantitative estimate of drug-likeness (QED) is 0.488. The van der Waals surface area contributed by atoms with Crippen LogP contribution >= 0.6 is 0 Å². The normalized spacial score (nSPS) is 11.8. The van der Waals surface area contributed by atoms with E-state index in [-0.39, 0.29) is 13.2 Å².